The molecule has 0 spiro atoms. The predicted molar refractivity (Wildman–Crippen MR) is 109 cm³/mol. The highest BCUT2D eigenvalue weighted by Crippen LogP contribution is 2.33. The fourth-order valence-electron chi connectivity index (χ4n) is 2.65. The van der Waals surface area contributed by atoms with Crippen LogP contribution in [0.4, 0.5) is 4.39 Å². The molecule has 4 nitrogen and oxygen atoms in total. The number of carbonyl (C=O) groups is 2. The molecule has 2 aromatic rings. The molecule has 0 radical (unpaired) electrons. The summed E-state index contributed by atoms with van der Waals surface area (Å²) in [5, 5.41) is 8.71. The van der Waals surface area contributed by atoms with E-state index in [1.165, 1.54) is 28.8 Å². The molecule has 27 heavy (non-hydrogen) atoms. The van der Waals surface area contributed by atoms with E-state index in [0.29, 0.717) is 22.2 Å². The third-order valence-electron chi connectivity index (χ3n) is 4.03. The highest BCUT2D eigenvalue weighted by atomic mass is 32.2. The van der Waals surface area contributed by atoms with Crippen LogP contribution in [0.15, 0.2) is 53.4 Å². The summed E-state index contributed by atoms with van der Waals surface area (Å²) in [4.78, 5) is 25.1. The van der Waals surface area contributed by atoms with Crippen molar-refractivity contribution >= 4 is 46.3 Å². The van der Waals surface area contributed by atoms with Gasteiger partial charge >= 0.3 is 5.97 Å². The minimum atomic E-state index is -0.891. The molecule has 1 saturated heterocycles. The zero-order valence-corrected chi connectivity index (χ0v) is 15.9. The standard InChI is InChI=1S/C20H16FNO3S2/c21-16-9-7-15(8-10-16)14-5-3-13(4-6-14)12-17-19(25)22(20(26)27-17)11-1-2-18(23)24/h3-10,12H,1-2,11H2,(H,23,24)/b17-12-. The molecular formula is C20H16FNO3S2. The van der Waals surface area contributed by atoms with Crippen LogP contribution in [0.5, 0.6) is 0 Å². The molecule has 1 fully saturated rings. The second-order valence-electron chi connectivity index (χ2n) is 5.96. The van der Waals surface area contributed by atoms with Crippen LogP contribution in [0.25, 0.3) is 17.2 Å². The Morgan fingerprint density at radius 2 is 1.70 bits per heavy atom. The third kappa shape index (κ3) is 4.81. The molecule has 1 N–H and O–H groups in total. The normalized spacial score (nSPS) is 15.6. The maximum atomic E-state index is 13.0. The maximum Gasteiger partial charge on any atom is 0.303 e. The van der Waals surface area contributed by atoms with Gasteiger partial charge in [-0.25, -0.2) is 4.39 Å². The van der Waals surface area contributed by atoms with Gasteiger partial charge in [-0.2, -0.15) is 0 Å². The number of hydrogen-bond donors (Lipinski definition) is 1. The molecule has 3 rings (SSSR count). The van der Waals surface area contributed by atoms with Gasteiger partial charge in [0.1, 0.15) is 10.1 Å². The minimum Gasteiger partial charge on any atom is -0.481 e. The Balaban J connectivity index is 1.71. The van der Waals surface area contributed by atoms with E-state index in [4.69, 9.17) is 17.3 Å². The molecule has 1 amide bonds. The van der Waals surface area contributed by atoms with Gasteiger partial charge in [-0.1, -0.05) is 60.4 Å². The van der Waals surface area contributed by atoms with Crippen LogP contribution in [0.1, 0.15) is 18.4 Å². The van der Waals surface area contributed by atoms with Crippen molar-refractivity contribution in [3.63, 3.8) is 0 Å². The summed E-state index contributed by atoms with van der Waals surface area (Å²) in [6, 6.07) is 13.8. The molecule has 1 aliphatic rings. The summed E-state index contributed by atoms with van der Waals surface area (Å²) in [7, 11) is 0. The second kappa shape index (κ2) is 8.45. The smallest absolute Gasteiger partial charge is 0.303 e. The van der Waals surface area contributed by atoms with Gasteiger partial charge in [0, 0.05) is 13.0 Å². The number of halogens is 1. The van der Waals surface area contributed by atoms with E-state index < -0.39 is 5.97 Å². The fourth-order valence-corrected chi connectivity index (χ4v) is 3.96. The zero-order valence-electron chi connectivity index (χ0n) is 14.2. The topological polar surface area (TPSA) is 57.6 Å². The van der Waals surface area contributed by atoms with Gasteiger partial charge in [0.05, 0.1) is 4.91 Å². The zero-order chi connectivity index (χ0) is 19.4. The molecule has 1 aliphatic heterocycles. The largest absolute Gasteiger partial charge is 0.481 e. The Hall–Kier alpha value is -2.51. The summed E-state index contributed by atoms with van der Waals surface area (Å²) >= 11 is 6.45. The number of amides is 1. The van der Waals surface area contributed by atoms with Crippen molar-refractivity contribution in [1.29, 1.82) is 0 Å². The Labute approximate surface area is 165 Å². The minimum absolute atomic E-state index is 0.000948. The second-order valence-corrected chi connectivity index (χ2v) is 7.64. The lowest BCUT2D eigenvalue weighted by Gasteiger charge is -2.13. The first-order valence-electron chi connectivity index (χ1n) is 8.27. The van der Waals surface area contributed by atoms with Crippen molar-refractivity contribution in [3.8, 4) is 11.1 Å². The molecule has 0 aliphatic carbocycles. The Morgan fingerprint density at radius 1 is 1.11 bits per heavy atom. The molecule has 2 aromatic carbocycles. The van der Waals surface area contributed by atoms with Gasteiger partial charge in [-0.05, 0) is 41.3 Å². The van der Waals surface area contributed by atoms with Crippen LogP contribution in [0, 0.1) is 5.82 Å². The van der Waals surface area contributed by atoms with Gasteiger partial charge in [0.2, 0.25) is 0 Å². The van der Waals surface area contributed by atoms with E-state index >= 15 is 0 Å². The molecular weight excluding hydrogens is 385 g/mol. The lowest BCUT2D eigenvalue weighted by atomic mass is 10.0. The van der Waals surface area contributed by atoms with E-state index in [0.717, 1.165) is 16.7 Å². The molecule has 0 bridgehead atoms. The molecule has 0 atom stereocenters. The molecule has 7 heteroatoms. The lowest BCUT2D eigenvalue weighted by Crippen LogP contribution is -2.29. The summed E-state index contributed by atoms with van der Waals surface area (Å²) < 4.78 is 13.5. The fraction of sp³-hybridized carbons (Fsp3) is 0.150. The van der Waals surface area contributed by atoms with Crippen molar-refractivity contribution in [2.45, 2.75) is 12.8 Å². The SMILES string of the molecule is O=C(O)CCCN1C(=O)/C(=C/c2ccc(-c3ccc(F)cc3)cc2)SC1=S. The van der Waals surface area contributed by atoms with Crippen molar-refractivity contribution < 1.29 is 19.1 Å². The lowest BCUT2D eigenvalue weighted by molar-refractivity contribution is -0.137. The predicted octanol–water partition coefficient (Wildman–Crippen LogP) is 4.56. The van der Waals surface area contributed by atoms with E-state index in [1.807, 2.05) is 24.3 Å². The number of benzene rings is 2. The van der Waals surface area contributed by atoms with Crippen molar-refractivity contribution in [2.24, 2.45) is 0 Å². The number of aliphatic carboxylic acids is 1. The number of thiocarbonyl (C=S) groups is 1. The first kappa shape index (κ1) is 19.3. The van der Waals surface area contributed by atoms with Crippen LogP contribution in [-0.2, 0) is 9.59 Å². The Bertz CT molecular complexity index is 908. The van der Waals surface area contributed by atoms with E-state index in [9.17, 15) is 14.0 Å². The number of rotatable bonds is 6. The van der Waals surface area contributed by atoms with E-state index in [1.54, 1.807) is 18.2 Å². The summed E-state index contributed by atoms with van der Waals surface area (Å²) in [6.07, 6.45) is 2.13. The number of nitrogens with zero attached hydrogens (tertiary/aromatic N) is 1. The van der Waals surface area contributed by atoms with Crippen LogP contribution in [0.2, 0.25) is 0 Å². The van der Waals surface area contributed by atoms with Gasteiger partial charge < -0.3 is 5.11 Å². The number of hydrogen-bond acceptors (Lipinski definition) is 4. The summed E-state index contributed by atoms with van der Waals surface area (Å²) in [5.74, 6) is -1.36. The highest BCUT2D eigenvalue weighted by molar-refractivity contribution is 8.26. The van der Waals surface area contributed by atoms with Gasteiger partial charge in [0.15, 0.2) is 0 Å². The third-order valence-corrected chi connectivity index (χ3v) is 5.41. The average molecular weight is 401 g/mol. The van der Waals surface area contributed by atoms with Gasteiger partial charge in [0.25, 0.3) is 5.91 Å². The highest BCUT2D eigenvalue weighted by Gasteiger charge is 2.31. The summed E-state index contributed by atoms with van der Waals surface area (Å²) in [6.45, 7) is 0.303. The van der Waals surface area contributed by atoms with Crippen molar-refractivity contribution in [1.82, 2.24) is 4.90 Å². The van der Waals surface area contributed by atoms with Crippen molar-refractivity contribution in [2.75, 3.05) is 6.54 Å². The molecule has 0 saturated carbocycles. The average Bonchev–Trinajstić information content (AvgIpc) is 2.90. The maximum absolute atomic E-state index is 13.0. The first-order valence-corrected chi connectivity index (χ1v) is 9.50. The van der Waals surface area contributed by atoms with Crippen LogP contribution in [0.3, 0.4) is 0 Å². The van der Waals surface area contributed by atoms with Gasteiger partial charge in [-0.3, -0.25) is 14.5 Å². The Kier molecular flexibility index (Phi) is 6.03. The number of carboxylic acids is 1. The van der Waals surface area contributed by atoms with Gasteiger partial charge in [-0.15, -0.1) is 0 Å². The van der Waals surface area contributed by atoms with Crippen molar-refractivity contribution in [3.05, 3.63) is 64.8 Å². The summed E-state index contributed by atoms with van der Waals surface area (Å²) in [5.41, 5.74) is 2.72. The first-order chi connectivity index (χ1) is 12.9. The molecule has 0 aromatic heterocycles. The molecule has 1 heterocycles. The van der Waals surface area contributed by atoms with Crippen LogP contribution in [-0.4, -0.2) is 32.7 Å². The van der Waals surface area contributed by atoms with Crippen LogP contribution >= 0.6 is 24.0 Å². The van der Waals surface area contributed by atoms with Crippen LogP contribution < -0.4 is 0 Å². The Morgan fingerprint density at radius 3 is 2.30 bits per heavy atom. The number of thioether (sulfide) groups is 1. The van der Waals surface area contributed by atoms with E-state index in [-0.39, 0.29) is 18.1 Å². The quantitative estimate of drug-likeness (QED) is 0.568. The number of carboxylic acid groups (broad SMARTS) is 1. The molecule has 138 valence electrons. The monoisotopic (exact) mass is 401 g/mol. The number of carbonyl (C=O) groups excluding carboxylic acids is 1. The molecule has 0 unspecified atom stereocenters. The van der Waals surface area contributed by atoms with E-state index in [2.05, 4.69) is 0 Å².